The van der Waals surface area contributed by atoms with Crippen molar-refractivity contribution in [1.29, 1.82) is 0 Å². The highest BCUT2D eigenvalue weighted by Crippen LogP contribution is 2.28. The lowest BCUT2D eigenvalue weighted by atomic mass is 10.0. The average Bonchev–Trinajstić information content (AvgIpc) is 3.29. The number of benzene rings is 2. The lowest BCUT2D eigenvalue weighted by Gasteiger charge is -2.29. The molecule has 3 aromatic rings. The van der Waals surface area contributed by atoms with Gasteiger partial charge in [0.15, 0.2) is 0 Å². The number of nitrogens with zero attached hydrogens (tertiary/aromatic N) is 3. The predicted molar refractivity (Wildman–Crippen MR) is 129 cm³/mol. The van der Waals surface area contributed by atoms with Crippen molar-refractivity contribution in [3.05, 3.63) is 59.5 Å². The van der Waals surface area contributed by atoms with Crippen LogP contribution in [0.4, 0.5) is 5.13 Å². The standard InChI is InChI=1S/C23H26N4O3S2/c1-17-11-13-27(14-12-17)32(28,29)21-9-5-19(6-10-21)22-16-31-23(25-22)26-24-15-18-3-7-20(30-2)8-4-18/h3-10,15-17H,11-14H2,1-2H3,(H,25,26). The summed E-state index contributed by atoms with van der Waals surface area (Å²) in [7, 11) is -1.81. The number of ether oxygens (including phenoxy) is 1. The number of nitrogens with one attached hydrogen (secondary N) is 1. The monoisotopic (exact) mass is 470 g/mol. The Labute approximate surface area is 192 Å². The molecule has 0 unspecified atom stereocenters. The molecule has 168 valence electrons. The van der Waals surface area contributed by atoms with Gasteiger partial charge in [0, 0.05) is 24.0 Å². The quantitative estimate of drug-likeness (QED) is 0.400. The van der Waals surface area contributed by atoms with Crippen LogP contribution in [0.15, 0.2) is 63.9 Å². The normalized spacial score (nSPS) is 15.8. The zero-order chi connectivity index (χ0) is 22.6. The van der Waals surface area contributed by atoms with E-state index in [1.165, 1.54) is 11.3 Å². The summed E-state index contributed by atoms with van der Waals surface area (Å²) >= 11 is 1.44. The van der Waals surface area contributed by atoms with Crippen LogP contribution in [0.25, 0.3) is 11.3 Å². The molecule has 1 aromatic heterocycles. The van der Waals surface area contributed by atoms with Gasteiger partial charge in [-0.1, -0.05) is 19.1 Å². The first-order valence-corrected chi connectivity index (χ1v) is 12.8. The van der Waals surface area contributed by atoms with Gasteiger partial charge >= 0.3 is 0 Å². The van der Waals surface area contributed by atoms with Crippen molar-refractivity contribution in [2.75, 3.05) is 25.6 Å². The fourth-order valence-corrected chi connectivity index (χ4v) is 5.62. The molecule has 0 amide bonds. The van der Waals surface area contributed by atoms with Crippen LogP contribution in [0.1, 0.15) is 25.3 Å². The van der Waals surface area contributed by atoms with Crippen molar-refractivity contribution < 1.29 is 13.2 Å². The van der Waals surface area contributed by atoms with E-state index in [1.807, 2.05) is 29.6 Å². The van der Waals surface area contributed by atoms with E-state index in [9.17, 15) is 8.42 Å². The highest BCUT2D eigenvalue weighted by atomic mass is 32.2. The van der Waals surface area contributed by atoms with Crippen molar-refractivity contribution in [2.45, 2.75) is 24.7 Å². The molecule has 1 aliphatic heterocycles. The zero-order valence-electron chi connectivity index (χ0n) is 18.1. The minimum absolute atomic E-state index is 0.327. The van der Waals surface area contributed by atoms with E-state index < -0.39 is 10.0 Å². The molecule has 2 aromatic carbocycles. The number of hydrogen-bond acceptors (Lipinski definition) is 7. The Bertz CT molecular complexity index is 1160. The third-order valence-electron chi connectivity index (χ3n) is 5.52. The van der Waals surface area contributed by atoms with Gasteiger partial charge in [0.2, 0.25) is 15.2 Å². The maximum absolute atomic E-state index is 12.9. The molecule has 1 aliphatic rings. The summed E-state index contributed by atoms with van der Waals surface area (Å²) in [6, 6.07) is 14.5. The molecular formula is C23H26N4O3S2. The molecule has 0 atom stereocenters. The van der Waals surface area contributed by atoms with E-state index in [-0.39, 0.29) is 0 Å². The van der Waals surface area contributed by atoms with Gasteiger partial charge in [-0.05, 0) is 60.7 Å². The van der Waals surface area contributed by atoms with Crippen LogP contribution in [0.5, 0.6) is 5.75 Å². The predicted octanol–water partition coefficient (Wildman–Crippen LogP) is 4.69. The molecule has 0 spiro atoms. The minimum atomic E-state index is -3.45. The first kappa shape index (κ1) is 22.4. The maximum Gasteiger partial charge on any atom is 0.243 e. The number of piperidine rings is 1. The summed E-state index contributed by atoms with van der Waals surface area (Å²) in [5.41, 5.74) is 5.51. The molecule has 9 heteroatoms. The molecule has 4 rings (SSSR count). The Hall–Kier alpha value is -2.75. The first-order valence-electron chi connectivity index (χ1n) is 10.4. The van der Waals surface area contributed by atoms with Crippen LogP contribution in [-0.4, -0.2) is 44.1 Å². The first-order chi connectivity index (χ1) is 15.5. The molecule has 2 heterocycles. The highest BCUT2D eigenvalue weighted by molar-refractivity contribution is 7.89. The number of hydrazone groups is 1. The molecule has 0 aliphatic carbocycles. The Morgan fingerprint density at radius 2 is 1.81 bits per heavy atom. The molecule has 0 radical (unpaired) electrons. The van der Waals surface area contributed by atoms with Crippen LogP contribution in [0.3, 0.4) is 0 Å². The van der Waals surface area contributed by atoms with Gasteiger partial charge < -0.3 is 4.74 Å². The van der Waals surface area contributed by atoms with E-state index in [0.717, 1.165) is 35.4 Å². The summed E-state index contributed by atoms with van der Waals surface area (Å²) in [6.07, 6.45) is 3.53. The summed E-state index contributed by atoms with van der Waals surface area (Å²) in [5.74, 6) is 1.38. The van der Waals surface area contributed by atoms with Gasteiger partial charge in [0.25, 0.3) is 0 Å². The molecule has 1 saturated heterocycles. The fourth-order valence-electron chi connectivity index (χ4n) is 3.48. The van der Waals surface area contributed by atoms with E-state index in [0.29, 0.717) is 29.0 Å². The highest BCUT2D eigenvalue weighted by Gasteiger charge is 2.27. The van der Waals surface area contributed by atoms with Crippen molar-refractivity contribution in [3.63, 3.8) is 0 Å². The van der Waals surface area contributed by atoms with Crippen molar-refractivity contribution >= 4 is 32.7 Å². The molecule has 32 heavy (non-hydrogen) atoms. The fraction of sp³-hybridized carbons (Fsp3) is 0.304. The summed E-state index contributed by atoms with van der Waals surface area (Å²) in [5, 5.41) is 6.80. The Balaban J connectivity index is 1.40. The molecule has 7 nitrogen and oxygen atoms in total. The van der Waals surface area contributed by atoms with Gasteiger partial charge in [-0.15, -0.1) is 11.3 Å². The summed E-state index contributed by atoms with van der Waals surface area (Å²) < 4.78 is 32.5. The van der Waals surface area contributed by atoms with E-state index in [2.05, 4.69) is 22.4 Å². The number of rotatable bonds is 7. The topological polar surface area (TPSA) is 83.9 Å². The van der Waals surface area contributed by atoms with Gasteiger partial charge in [-0.3, -0.25) is 5.43 Å². The van der Waals surface area contributed by atoms with Gasteiger partial charge in [-0.2, -0.15) is 9.41 Å². The average molecular weight is 471 g/mol. The smallest absolute Gasteiger partial charge is 0.243 e. The number of sulfonamides is 1. The SMILES string of the molecule is COc1ccc(C=NNc2nc(-c3ccc(S(=O)(=O)N4CCC(C)CC4)cc3)cs2)cc1. The minimum Gasteiger partial charge on any atom is -0.497 e. The number of methoxy groups -OCH3 is 1. The van der Waals surface area contributed by atoms with Gasteiger partial charge in [0.1, 0.15) is 5.75 Å². The second kappa shape index (κ2) is 9.81. The number of hydrogen-bond donors (Lipinski definition) is 1. The lowest BCUT2D eigenvalue weighted by Crippen LogP contribution is -2.37. The van der Waals surface area contributed by atoms with Crippen molar-refractivity contribution in [3.8, 4) is 17.0 Å². The van der Waals surface area contributed by atoms with Crippen molar-refractivity contribution in [2.24, 2.45) is 11.0 Å². The van der Waals surface area contributed by atoms with Crippen molar-refractivity contribution in [1.82, 2.24) is 9.29 Å². The Morgan fingerprint density at radius 1 is 1.12 bits per heavy atom. The third-order valence-corrected chi connectivity index (χ3v) is 8.18. The molecule has 1 N–H and O–H groups in total. The number of thiazole rings is 1. The van der Waals surface area contributed by atoms with E-state index in [1.54, 1.807) is 41.9 Å². The van der Waals surface area contributed by atoms with Gasteiger partial charge in [-0.25, -0.2) is 13.4 Å². The molecule has 0 bridgehead atoms. The third kappa shape index (κ3) is 5.17. The van der Waals surface area contributed by atoms with Gasteiger partial charge in [0.05, 0.1) is 23.9 Å². The number of anilines is 1. The second-order valence-electron chi connectivity index (χ2n) is 7.79. The van der Waals surface area contributed by atoms with E-state index >= 15 is 0 Å². The Morgan fingerprint density at radius 3 is 2.47 bits per heavy atom. The second-order valence-corrected chi connectivity index (χ2v) is 10.6. The summed E-state index contributed by atoms with van der Waals surface area (Å²) in [6.45, 7) is 3.34. The molecule has 0 saturated carbocycles. The van der Waals surface area contributed by atoms with Crippen LogP contribution in [0, 0.1) is 5.92 Å². The maximum atomic E-state index is 12.9. The van der Waals surface area contributed by atoms with Crippen LogP contribution in [-0.2, 0) is 10.0 Å². The molecule has 1 fully saturated rings. The zero-order valence-corrected chi connectivity index (χ0v) is 19.7. The summed E-state index contributed by atoms with van der Waals surface area (Å²) in [4.78, 5) is 4.87. The lowest BCUT2D eigenvalue weighted by molar-refractivity contribution is 0.288. The largest absolute Gasteiger partial charge is 0.497 e. The molecular weight excluding hydrogens is 444 g/mol. The van der Waals surface area contributed by atoms with Crippen LogP contribution in [0.2, 0.25) is 0 Å². The van der Waals surface area contributed by atoms with Crippen LogP contribution >= 0.6 is 11.3 Å². The van der Waals surface area contributed by atoms with Crippen LogP contribution < -0.4 is 10.2 Å². The van der Waals surface area contributed by atoms with E-state index in [4.69, 9.17) is 4.74 Å². The number of aromatic nitrogens is 1. The Kier molecular flexibility index (Phi) is 6.88.